The highest BCUT2D eigenvalue weighted by Gasteiger charge is 2.36. The third-order valence-electron chi connectivity index (χ3n) is 13.6. The summed E-state index contributed by atoms with van der Waals surface area (Å²) < 4.78 is 2.39. The van der Waals surface area contributed by atoms with E-state index in [-0.39, 0.29) is 5.41 Å². The lowest BCUT2D eigenvalue weighted by atomic mass is 9.82. The van der Waals surface area contributed by atoms with Crippen molar-refractivity contribution in [3.63, 3.8) is 0 Å². The lowest BCUT2D eigenvalue weighted by Gasteiger charge is -2.21. The van der Waals surface area contributed by atoms with Gasteiger partial charge in [-0.2, -0.15) is 0 Å². The van der Waals surface area contributed by atoms with Gasteiger partial charge >= 0.3 is 0 Å². The molecule has 0 unspecified atom stereocenters. The van der Waals surface area contributed by atoms with Crippen LogP contribution in [0, 0.1) is 0 Å². The third kappa shape index (κ3) is 5.58. The van der Waals surface area contributed by atoms with Crippen LogP contribution >= 0.6 is 0 Å². The number of benzene rings is 8. The first-order valence-electron chi connectivity index (χ1n) is 22.1. The van der Waals surface area contributed by atoms with Crippen LogP contribution in [0.15, 0.2) is 200 Å². The molecule has 3 aliphatic carbocycles. The molecule has 13 rings (SSSR count). The van der Waals surface area contributed by atoms with E-state index in [1.54, 1.807) is 0 Å². The van der Waals surface area contributed by atoms with Crippen LogP contribution in [0.3, 0.4) is 0 Å². The fourth-order valence-electron chi connectivity index (χ4n) is 10.5. The Morgan fingerprint density at radius 1 is 0.500 bits per heavy atom. The number of hydrogen-bond donors (Lipinski definition) is 0. The van der Waals surface area contributed by atoms with Gasteiger partial charge in [-0.15, -0.1) is 0 Å². The van der Waals surface area contributed by atoms with E-state index in [1.807, 2.05) is 19.1 Å². The lowest BCUT2D eigenvalue weighted by molar-refractivity contribution is 0.660. The van der Waals surface area contributed by atoms with Gasteiger partial charge in [0.2, 0.25) is 0 Å². The Hall–Kier alpha value is -7.95. The molecule has 64 heavy (non-hydrogen) atoms. The van der Waals surface area contributed by atoms with Crippen molar-refractivity contribution in [2.75, 3.05) is 6.54 Å². The van der Waals surface area contributed by atoms with Crippen molar-refractivity contribution >= 4 is 44.0 Å². The van der Waals surface area contributed by atoms with Crippen LogP contribution in [-0.2, 0) is 5.41 Å². The Bertz CT molecular complexity index is 3660. The monoisotopic (exact) mass is 820 g/mol. The molecule has 0 saturated heterocycles. The summed E-state index contributed by atoms with van der Waals surface area (Å²) in [6, 6.07) is 63.4. The van der Waals surface area contributed by atoms with Crippen molar-refractivity contribution in [2.24, 2.45) is 4.99 Å². The molecule has 2 heterocycles. The highest BCUT2D eigenvalue weighted by Crippen LogP contribution is 2.52. The zero-order valence-electron chi connectivity index (χ0n) is 36.2. The molecule has 4 nitrogen and oxygen atoms in total. The second-order valence-electron chi connectivity index (χ2n) is 17.5. The van der Waals surface area contributed by atoms with Gasteiger partial charge in [-0.25, -0.2) is 9.97 Å². The van der Waals surface area contributed by atoms with Gasteiger partial charge in [0, 0.05) is 56.1 Å². The molecule has 0 amide bonds. The van der Waals surface area contributed by atoms with Crippen molar-refractivity contribution in [3.8, 4) is 61.7 Å². The van der Waals surface area contributed by atoms with Gasteiger partial charge in [0.05, 0.1) is 28.0 Å². The number of para-hydroxylation sites is 2. The third-order valence-corrected chi connectivity index (χ3v) is 13.6. The summed E-state index contributed by atoms with van der Waals surface area (Å²) in [6.45, 7) is 15.5. The summed E-state index contributed by atoms with van der Waals surface area (Å²) in [7, 11) is 0. The van der Waals surface area contributed by atoms with Crippen LogP contribution in [-0.4, -0.2) is 26.8 Å². The topological polar surface area (TPSA) is 43.1 Å². The van der Waals surface area contributed by atoms with Crippen molar-refractivity contribution < 1.29 is 0 Å². The maximum atomic E-state index is 5.23. The summed E-state index contributed by atoms with van der Waals surface area (Å²) >= 11 is 0. The number of nitrogens with zero attached hydrogens (tertiary/aromatic N) is 4. The molecule has 0 bridgehead atoms. The van der Waals surface area contributed by atoms with Gasteiger partial charge < -0.3 is 4.57 Å². The first-order valence-corrected chi connectivity index (χ1v) is 22.1. The number of aromatic nitrogens is 3. The van der Waals surface area contributed by atoms with Gasteiger partial charge in [-0.3, -0.25) is 4.99 Å². The molecule has 0 saturated carbocycles. The fraction of sp³-hybridized carbons (Fsp3) is 0.0833. The lowest BCUT2D eigenvalue weighted by Crippen LogP contribution is -2.14. The number of rotatable bonds is 4. The molecule has 8 aromatic carbocycles. The fourth-order valence-corrected chi connectivity index (χ4v) is 10.5. The predicted octanol–water partition coefficient (Wildman–Crippen LogP) is 15.1. The van der Waals surface area contributed by atoms with E-state index in [9.17, 15) is 0 Å². The maximum Gasteiger partial charge on any atom is 0.160 e. The van der Waals surface area contributed by atoms with E-state index in [0.717, 1.165) is 51.4 Å². The number of aliphatic imine (C=N–C) groups is 1. The number of fused-ring (bicyclic) bond motifs is 10. The van der Waals surface area contributed by atoms with Gasteiger partial charge in [-0.1, -0.05) is 160 Å². The van der Waals surface area contributed by atoms with E-state index in [2.05, 4.69) is 200 Å². The summed E-state index contributed by atoms with van der Waals surface area (Å²) in [6.07, 6.45) is 0. The van der Waals surface area contributed by atoms with E-state index in [4.69, 9.17) is 9.97 Å². The molecular formula is C60H44N4. The van der Waals surface area contributed by atoms with Crippen LogP contribution in [0.25, 0.3) is 100.0 Å². The summed E-state index contributed by atoms with van der Waals surface area (Å²) in [5.74, 6) is 0.769. The standard InChI is InChI=1S/C47H31N3.C13H13N/c1-47(2)39-23-20-28(29-19-22-34-33-14-8-9-18-42(33)50(43(34)27-29)31-11-4-3-5-12-31)25-37(39)38-26-30(21-24-40(38)47)46-48-41-17-10-16-35-32-13-6-7-15-36(32)45(49-46)44(35)41;1-4-14-13-10(3)9(2)11-7-5-6-8-12(11)13/h3-27H,1-2H3;5-8H,2-4H2,1H3. The van der Waals surface area contributed by atoms with Crippen LogP contribution in [0.1, 0.15) is 43.0 Å². The van der Waals surface area contributed by atoms with Crippen LogP contribution in [0.5, 0.6) is 0 Å². The zero-order valence-corrected chi connectivity index (χ0v) is 36.2. The molecule has 0 fully saturated rings. The van der Waals surface area contributed by atoms with Gasteiger partial charge in [0.25, 0.3) is 0 Å². The Labute approximate surface area is 373 Å². The van der Waals surface area contributed by atoms with Gasteiger partial charge in [-0.05, 0) is 105 Å². The van der Waals surface area contributed by atoms with E-state index >= 15 is 0 Å². The van der Waals surface area contributed by atoms with Crippen molar-refractivity contribution in [3.05, 3.63) is 217 Å². The zero-order chi connectivity index (χ0) is 43.3. The van der Waals surface area contributed by atoms with Crippen LogP contribution < -0.4 is 0 Å². The summed E-state index contributed by atoms with van der Waals surface area (Å²) in [4.78, 5) is 14.8. The minimum absolute atomic E-state index is 0.114. The highest BCUT2D eigenvalue weighted by molar-refractivity contribution is 6.28. The first-order chi connectivity index (χ1) is 31.3. The highest BCUT2D eigenvalue weighted by atomic mass is 15.0. The predicted molar refractivity (Wildman–Crippen MR) is 268 cm³/mol. The van der Waals surface area contributed by atoms with E-state index in [1.165, 1.54) is 88.7 Å². The second-order valence-corrected chi connectivity index (χ2v) is 17.5. The average molecular weight is 821 g/mol. The summed E-state index contributed by atoms with van der Waals surface area (Å²) in [5, 5.41) is 3.68. The Morgan fingerprint density at radius 2 is 1.11 bits per heavy atom. The van der Waals surface area contributed by atoms with E-state index < -0.39 is 0 Å². The molecule has 10 aromatic rings. The quantitative estimate of drug-likeness (QED) is 0.177. The minimum atomic E-state index is -0.114. The van der Waals surface area contributed by atoms with Gasteiger partial charge in [0.15, 0.2) is 5.82 Å². The Kier molecular flexibility index (Phi) is 8.44. The smallest absolute Gasteiger partial charge is 0.160 e. The SMILES string of the molecule is C=C1C(=C)c2ccccc2C1=NCC.CC1(C)c2ccc(-c3ccc4c5ccccc5n(-c5ccccc5)c4c3)cc2-c2cc(-c3nc4c5c(cccc5n3)-c3ccccc3-4)ccc21. The van der Waals surface area contributed by atoms with Crippen molar-refractivity contribution in [2.45, 2.75) is 26.2 Å². The first kappa shape index (κ1) is 37.8. The second kappa shape index (κ2) is 14.3. The minimum Gasteiger partial charge on any atom is -0.309 e. The molecule has 0 N–H and O–H groups in total. The molecule has 304 valence electrons. The normalized spacial score (nSPS) is 14.5. The molecule has 0 spiro atoms. The molecule has 0 atom stereocenters. The Balaban J connectivity index is 0.000000265. The van der Waals surface area contributed by atoms with E-state index in [0.29, 0.717) is 0 Å². The molecule has 0 radical (unpaired) electrons. The average Bonchev–Trinajstić information content (AvgIpc) is 4.00. The van der Waals surface area contributed by atoms with Crippen LogP contribution in [0.4, 0.5) is 0 Å². The number of hydrogen-bond acceptors (Lipinski definition) is 3. The Morgan fingerprint density at radius 3 is 1.89 bits per heavy atom. The van der Waals surface area contributed by atoms with Crippen LogP contribution in [0.2, 0.25) is 0 Å². The molecule has 2 aromatic heterocycles. The largest absolute Gasteiger partial charge is 0.309 e. The van der Waals surface area contributed by atoms with Gasteiger partial charge in [0.1, 0.15) is 0 Å². The molecule has 4 heteroatoms. The molecule has 3 aliphatic rings. The molecule has 0 aliphatic heterocycles. The van der Waals surface area contributed by atoms with Crippen molar-refractivity contribution in [1.82, 2.24) is 14.5 Å². The van der Waals surface area contributed by atoms with Crippen molar-refractivity contribution in [1.29, 1.82) is 0 Å². The maximum absolute atomic E-state index is 5.23. The summed E-state index contributed by atoms with van der Waals surface area (Å²) in [5.41, 5.74) is 23.2. The number of allylic oxidation sites excluding steroid dienone is 2. The molecular weight excluding hydrogens is 777 g/mol.